The zero-order valence-corrected chi connectivity index (χ0v) is 15.0. The number of hydrogen-bond acceptors (Lipinski definition) is 3. The molecule has 3 heterocycles. The van der Waals surface area contributed by atoms with Gasteiger partial charge in [0.05, 0.1) is 17.5 Å². The van der Waals surface area contributed by atoms with Crippen LogP contribution in [0.5, 0.6) is 0 Å². The lowest BCUT2D eigenvalue weighted by Gasteiger charge is -2.52. The number of rotatable bonds is 0. The molecule has 3 rings (SSSR count). The van der Waals surface area contributed by atoms with E-state index in [0.717, 1.165) is 0 Å². The summed E-state index contributed by atoms with van der Waals surface area (Å²) in [6.07, 6.45) is 3.88. The largest absolute Gasteiger partial charge is 0.371 e. The summed E-state index contributed by atoms with van der Waals surface area (Å²) in [5.74, 6) is 1.34. The van der Waals surface area contributed by atoms with E-state index < -0.39 is 0 Å². The number of hydrogen-bond donors (Lipinski definition) is 0. The van der Waals surface area contributed by atoms with Crippen molar-refractivity contribution in [1.82, 2.24) is 14.1 Å². The molecule has 0 radical (unpaired) electrons. The van der Waals surface area contributed by atoms with E-state index in [1.165, 1.54) is 12.2 Å². The lowest BCUT2D eigenvalue weighted by Crippen LogP contribution is -2.73. The highest BCUT2D eigenvalue weighted by molar-refractivity contribution is 6.73. The minimum Gasteiger partial charge on any atom is -0.371 e. The Bertz CT molecular complexity index is 488. The molecule has 0 spiro atoms. The average molecular weight is 288 g/mol. The molecule has 0 aliphatic carbocycles. The van der Waals surface area contributed by atoms with Crippen LogP contribution in [0.3, 0.4) is 0 Å². The van der Waals surface area contributed by atoms with Gasteiger partial charge in [-0.3, -0.25) is 0 Å². The van der Waals surface area contributed by atoms with Crippen molar-refractivity contribution < 1.29 is 0 Å². The molecule has 0 N–H and O–H groups in total. The second-order valence-corrected chi connectivity index (χ2v) is 6.97. The van der Waals surface area contributed by atoms with Gasteiger partial charge in [-0.05, 0) is 40.1 Å². The predicted molar refractivity (Wildman–Crippen MR) is 94.7 cm³/mol. The van der Waals surface area contributed by atoms with E-state index in [9.17, 15) is 0 Å². The van der Waals surface area contributed by atoms with Crippen molar-refractivity contribution in [2.75, 3.05) is 18.9 Å². The Morgan fingerprint density at radius 1 is 1.14 bits per heavy atom. The van der Waals surface area contributed by atoms with Gasteiger partial charge >= 0.3 is 6.98 Å². The fraction of sp³-hybridized carbons (Fsp3) is 0.733. The summed E-state index contributed by atoms with van der Waals surface area (Å²) in [7, 11) is 4.44. The van der Waals surface area contributed by atoms with Crippen LogP contribution < -0.4 is 4.81 Å². The first-order chi connectivity index (χ1) is 9.78. The van der Waals surface area contributed by atoms with Crippen LogP contribution >= 0.6 is 0 Å². The van der Waals surface area contributed by atoms with Crippen molar-refractivity contribution in [3.8, 4) is 0 Å². The molecule has 2 aliphatic heterocycles. The summed E-state index contributed by atoms with van der Waals surface area (Å²) in [4.78, 5) is 5.02. The van der Waals surface area contributed by atoms with Crippen LogP contribution in [0.15, 0.2) is 18.3 Å². The van der Waals surface area contributed by atoms with E-state index in [1.54, 1.807) is 0 Å². The number of fused-ring (bicyclic) bond motifs is 3. The smallest absolute Gasteiger partial charge is 0.331 e. The molecular formula is C15H30B2N4. The lowest BCUT2D eigenvalue weighted by atomic mass is 9.56. The highest BCUT2D eigenvalue weighted by Crippen LogP contribution is 2.43. The van der Waals surface area contributed by atoms with Gasteiger partial charge in [0.15, 0.2) is 0 Å². The third-order valence-corrected chi connectivity index (χ3v) is 5.06. The van der Waals surface area contributed by atoms with Gasteiger partial charge in [0, 0.05) is 6.20 Å². The molecule has 4 nitrogen and oxygen atoms in total. The van der Waals surface area contributed by atoms with Crippen LogP contribution in [0.25, 0.3) is 0 Å². The van der Waals surface area contributed by atoms with Crippen LogP contribution in [-0.2, 0) is 5.54 Å². The van der Waals surface area contributed by atoms with Crippen LogP contribution in [-0.4, -0.2) is 48.3 Å². The highest BCUT2D eigenvalue weighted by Gasteiger charge is 2.54. The second kappa shape index (κ2) is 5.73. The Hall–Kier alpha value is -0.870. The third kappa shape index (κ3) is 2.33. The third-order valence-electron chi connectivity index (χ3n) is 5.06. The molecule has 1 aromatic heterocycles. The Balaban J connectivity index is 0.000000497. The summed E-state index contributed by atoms with van der Waals surface area (Å²) in [5, 5.41) is 0. The summed E-state index contributed by atoms with van der Waals surface area (Å²) >= 11 is 0. The summed E-state index contributed by atoms with van der Waals surface area (Å²) in [5.41, 5.74) is 0.108. The van der Waals surface area contributed by atoms with Gasteiger partial charge in [-0.15, -0.1) is 0 Å². The normalized spacial score (nSPS) is 24.6. The number of nitrogens with zero attached hydrogens (tertiary/aromatic N) is 4. The van der Waals surface area contributed by atoms with E-state index >= 15 is 0 Å². The number of aromatic nitrogens is 1. The monoisotopic (exact) mass is 288 g/mol. The molecule has 0 saturated carbocycles. The van der Waals surface area contributed by atoms with Gasteiger partial charge in [0.2, 0.25) is 0 Å². The van der Waals surface area contributed by atoms with Crippen LogP contribution in [0.4, 0.5) is 5.82 Å². The molecule has 1 atom stereocenters. The standard InChI is InChI=1S/C12H22B2N4.C3H8/c1-12(2)11-15(5)13(3)16(6)14(4)18(11)10-8-7-9-17(10)12;1-3-2/h7-9,11H,1-6H3;3H2,1-2H3. The van der Waals surface area contributed by atoms with Gasteiger partial charge < -0.3 is 18.9 Å². The Kier molecular flexibility index (Phi) is 4.50. The molecule has 0 bridgehead atoms. The molecule has 116 valence electrons. The minimum absolute atomic E-state index is 0.108. The first-order valence-corrected chi connectivity index (χ1v) is 8.19. The fourth-order valence-corrected chi connectivity index (χ4v) is 3.75. The van der Waals surface area contributed by atoms with E-state index in [1.807, 2.05) is 0 Å². The van der Waals surface area contributed by atoms with Crippen molar-refractivity contribution in [2.45, 2.75) is 59.5 Å². The van der Waals surface area contributed by atoms with Crippen molar-refractivity contribution in [3.63, 3.8) is 0 Å². The van der Waals surface area contributed by atoms with Crippen molar-refractivity contribution >= 4 is 19.8 Å². The molecule has 1 saturated heterocycles. The van der Waals surface area contributed by atoms with Crippen LogP contribution in [0.1, 0.15) is 34.1 Å². The van der Waals surface area contributed by atoms with Crippen molar-refractivity contribution in [2.24, 2.45) is 0 Å². The average Bonchev–Trinajstić information content (AvgIpc) is 2.97. The predicted octanol–water partition coefficient (Wildman–Crippen LogP) is 2.90. The molecule has 0 aromatic carbocycles. The summed E-state index contributed by atoms with van der Waals surface area (Å²) in [6.45, 7) is 14.4. The zero-order chi connectivity index (χ0) is 15.9. The van der Waals surface area contributed by atoms with E-state index in [4.69, 9.17) is 0 Å². The molecule has 0 amide bonds. The number of likely N-dealkylation sites (N-methyl/N-ethyl adjacent to an activating group) is 1. The Labute approximate surface area is 131 Å². The first-order valence-electron chi connectivity index (χ1n) is 8.19. The van der Waals surface area contributed by atoms with Gasteiger partial charge in [0.25, 0.3) is 6.98 Å². The molecule has 1 unspecified atom stereocenters. The maximum atomic E-state index is 2.54. The molecule has 1 aromatic rings. The quantitative estimate of drug-likeness (QED) is 0.682. The molecular weight excluding hydrogens is 258 g/mol. The van der Waals surface area contributed by atoms with E-state index in [-0.39, 0.29) is 5.54 Å². The van der Waals surface area contributed by atoms with Gasteiger partial charge in [0.1, 0.15) is 0 Å². The first kappa shape index (κ1) is 16.5. The van der Waals surface area contributed by atoms with Gasteiger partial charge in [-0.1, -0.05) is 33.9 Å². The molecule has 21 heavy (non-hydrogen) atoms. The maximum Gasteiger partial charge on any atom is 0.331 e. The van der Waals surface area contributed by atoms with Crippen molar-refractivity contribution in [1.29, 1.82) is 0 Å². The second-order valence-electron chi connectivity index (χ2n) is 6.97. The Morgan fingerprint density at radius 2 is 1.71 bits per heavy atom. The summed E-state index contributed by atoms with van der Waals surface area (Å²) < 4.78 is 4.84. The molecule has 2 aliphatic rings. The van der Waals surface area contributed by atoms with Crippen LogP contribution in [0.2, 0.25) is 13.6 Å². The van der Waals surface area contributed by atoms with Crippen molar-refractivity contribution in [3.05, 3.63) is 18.3 Å². The fourth-order valence-electron chi connectivity index (χ4n) is 3.75. The minimum atomic E-state index is 0.108. The van der Waals surface area contributed by atoms with Crippen LogP contribution in [0, 0.1) is 0 Å². The SMILES string of the molecule is CB1N(C)B(C)N2c3cccn3C(C)(C)C2N1C.CCC. The number of anilines is 1. The molecule has 6 heteroatoms. The van der Waals surface area contributed by atoms with Gasteiger partial charge in [-0.2, -0.15) is 0 Å². The zero-order valence-electron chi connectivity index (χ0n) is 15.0. The topological polar surface area (TPSA) is 14.7 Å². The van der Waals surface area contributed by atoms with Gasteiger partial charge in [-0.25, -0.2) is 0 Å². The van der Waals surface area contributed by atoms with E-state index in [0.29, 0.717) is 20.1 Å². The van der Waals surface area contributed by atoms with E-state index in [2.05, 4.69) is 92.7 Å². The highest BCUT2D eigenvalue weighted by atomic mass is 15.5. The Morgan fingerprint density at radius 3 is 2.29 bits per heavy atom. The summed E-state index contributed by atoms with van der Waals surface area (Å²) in [6, 6.07) is 4.38. The molecule has 1 fully saturated rings. The maximum absolute atomic E-state index is 2.54. The lowest BCUT2D eigenvalue weighted by molar-refractivity contribution is 0.206.